The largest absolute Gasteiger partial charge is 0.483 e. The molecule has 1 amide bonds. The molecular weight excluding hydrogens is 276 g/mol. The Morgan fingerprint density at radius 1 is 1.30 bits per heavy atom. The number of benzene rings is 2. The Labute approximate surface area is 122 Å². The number of aryl methyl sites for hydroxylation is 1. The van der Waals surface area contributed by atoms with Gasteiger partial charge in [0.25, 0.3) is 5.91 Å². The lowest BCUT2D eigenvalue weighted by Gasteiger charge is -2.11. The molecule has 0 fully saturated rings. The molecule has 0 bridgehead atoms. The third-order valence-electron chi connectivity index (χ3n) is 2.74. The summed E-state index contributed by atoms with van der Waals surface area (Å²) in [7, 11) is 0. The van der Waals surface area contributed by atoms with Crippen LogP contribution in [-0.2, 0) is 4.79 Å². The van der Waals surface area contributed by atoms with Gasteiger partial charge in [0.05, 0.1) is 11.4 Å². The van der Waals surface area contributed by atoms with Crippen molar-refractivity contribution < 1.29 is 9.53 Å². The Bertz CT molecular complexity index is 629. The highest BCUT2D eigenvalue weighted by atomic mass is 35.5. The number of carbonyl (C=O) groups excluding carboxylic acids is 1. The van der Waals surface area contributed by atoms with Crippen LogP contribution >= 0.6 is 11.6 Å². The Hall–Kier alpha value is -2.20. The highest BCUT2D eigenvalue weighted by Crippen LogP contribution is 2.22. The molecule has 2 aromatic carbocycles. The predicted octanol–water partition coefficient (Wildman–Crippen LogP) is 3.25. The number of halogens is 1. The molecule has 0 saturated heterocycles. The molecule has 0 saturated carbocycles. The van der Waals surface area contributed by atoms with Crippen molar-refractivity contribution in [2.24, 2.45) is 0 Å². The highest BCUT2D eigenvalue weighted by Gasteiger charge is 2.07. The molecular formula is C15H15ClN2O2. The number of ether oxygens (including phenoxy) is 1. The second kappa shape index (κ2) is 6.30. The zero-order chi connectivity index (χ0) is 14.5. The molecule has 0 unspecified atom stereocenters. The number of hydrogen-bond donors (Lipinski definition) is 2. The average molecular weight is 291 g/mol. The molecule has 0 radical (unpaired) electrons. The summed E-state index contributed by atoms with van der Waals surface area (Å²) in [6, 6.07) is 12.3. The van der Waals surface area contributed by atoms with Gasteiger partial charge in [-0.05, 0) is 36.8 Å². The molecule has 20 heavy (non-hydrogen) atoms. The van der Waals surface area contributed by atoms with E-state index in [1.807, 2.05) is 13.0 Å². The monoisotopic (exact) mass is 290 g/mol. The molecule has 2 rings (SSSR count). The molecule has 0 atom stereocenters. The summed E-state index contributed by atoms with van der Waals surface area (Å²) in [5.74, 6) is 0.316. The van der Waals surface area contributed by atoms with E-state index in [4.69, 9.17) is 22.1 Å². The van der Waals surface area contributed by atoms with E-state index in [-0.39, 0.29) is 12.5 Å². The van der Waals surface area contributed by atoms with Crippen molar-refractivity contribution in [1.29, 1.82) is 0 Å². The Kier molecular flexibility index (Phi) is 4.48. The van der Waals surface area contributed by atoms with Crippen molar-refractivity contribution in [3.63, 3.8) is 0 Å². The van der Waals surface area contributed by atoms with Gasteiger partial charge in [0, 0.05) is 5.02 Å². The van der Waals surface area contributed by atoms with Crippen LogP contribution in [0.15, 0.2) is 42.5 Å². The molecule has 0 spiro atoms. The van der Waals surface area contributed by atoms with E-state index in [1.165, 1.54) is 0 Å². The zero-order valence-electron chi connectivity index (χ0n) is 11.0. The second-order valence-electron chi connectivity index (χ2n) is 4.33. The number of anilines is 2. The fourth-order valence-electron chi connectivity index (χ4n) is 1.67. The van der Waals surface area contributed by atoms with Gasteiger partial charge in [0.1, 0.15) is 5.75 Å². The number of amides is 1. The summed E-state index contributed by atoms with van der Waals surface area (Å²) in [6.07, 6.45) is 0. The van der Waals surface area contributed by atoms with Crippen LogP contribution in [0.3, 0.4) is 0 Å². The smallest absolute Gasteiger partial charge is 0.262 e. The van der Waals surface area contributed by atoms with E-state index in [0.29, 0.717) is 22.1 Å². The summed E-state index contributed by atoms with van der Waals surface area (Å²) < 4.78 is 5.45. The van der Waals surface area contributed by atoms with Crippen LogP contribution in [0.5, 0.6) is 5.75 Å². The maximum Gasteiger partial charge on any atom is 0.262 e. The van der Waals surface area contributed by atoms with E-state index in [0.717, 1.165) is 5.56 Å². The Morgan fingerprint density at radius 2 is 2.05 bits per heavy atom. The van der Waals surface area contributed by atoms with Crippen LogP contribution in [0.1, 0.15) is 5.56 Å². The van der Waals surface area contributed by atoms with Crippen molar-refractivity contribution in [1.82, 2.24) is 0 Å². The summed E-state index contributed by atoms with van der Waals surface area (Å²) in [5, 5.41) is 3.26. The summed E-state index contributed by atoms with van der Waals surface area (Å²) in [4.78, 5) is 11.8. The number of nitrogen functional groups attached to an aromatic ring is 1. The Balaban J connectivity index is 1.96. The van der Waals surface area contributed by atoms with Gasteiger partial charge in [0.15, 0.2) is 6.61 Å². The number of nitrogens with one attached hydrogen (secondary N) is 1. The summed E-state index contributed by atoms with van der Waals surface area (Å²) in [6.45, 7) is 1.79. The molecule has 2 aromatic rings. The fourth-order valence-corrected chi connectivity index (χ4v) is 1.83. The lowest BCUT2D eigenvalue weighted by atomic mass is 10.2. The topological polar surface area (TPSA) is 64.3 Å². The minimum Gasteiger partial charge on any atom is -0.483 e. The first kappa shape index (κ1) is 14.2. The number of hydrogen-bond acceptors (Lipinski definition) is 3. The third-order valence-corrected chi connectivity index (χ3v) is 2.98. The van der Waals surface area contributed by atoms with Crippen molar-refractivity contribution in [2.45, 2.75) is 6.92 Å². The van der Waals surface area contributed by atoms with Crippen LogP contribution in [0.4, 0.5) is 11.4 Å². The lowest BCUT2D eigenvalue weighted by Crippen LogP contribution is -2.21. The van der Waals surface area contributed by atoms with Crippen molar-refractivity contribution in [3.8, 4) is 5.75 Å². The zero-order valence-corrected chi connectivity index (χ0v) is 11.8. The minimum absolute atomic E-state index is 0.102. The lowest BCUT2D eigenvalue weighted by molar-refractivity contribution is -0.118. The van der Waals surface area contributed by atoms with Gasteiger partial charge in [-0.1, -0.05) is 29.8 Å². The van der Waals surface area contributed by atoms with Crippen LogP contribution in [0.25, 0.3) is 0 Å². The molecule has 5 heteroatoms. The number of rotatable bonds is 4. The first-order chi connectivity index (χ1) is 9.56. The van der Waals surface area contributed by atoms with Gasteiger partial charge >= 0.3 is 0 Å². The summed E-state index contributed by atoms with van der Waals surface area (Å²) in [5.41, 5.74) is 7.75. The third kappa shape index (κ3) is 3.65. The van der Waals surface area contributed by atoms with Crippen molar-refractivity contribution >= 4 is 28.9 Å². The van der Waals surface area contributed by atoms with E-state index in [2.05, 4.69) is 5.32 Å². The van der Waals surface area contributed by atoms with Gasteiger partial charge in [-0.2, -0.15) is 0 Å². The van der Waals surface area contributed by atoms with E-state index >= 15 is 0 Å². The quantitative estimate of drug-likeness (QED) is 0.850. The van der Waals surface area contributed by atoms with Crippen molar-refractivity contribution in [2.75, 3.05) is 17.7 Å². The predicted molar refractivity (Wildman–Crippen MR) is 81.2 cm³/mol. The number of carbonyl (C=O) groups is 1. The van der Waals surface area contributed by atoms with Crippen molar-refractivity contribution in [3.05, 3.63) is 53.1 Å². The van der Waals surface area contributed by atoms with Gasteiger partial charge in [0.2, 0.25) is 0 Å². The van der Waals surface area contributed by atoms with Gasteiger partial charge in [-0.3, -0.25) is 4.79 Å². The van der Waals surface area contributed by atoms with Crippen LogP contribution in [0, 0.1) is 6.92 Å². The van der Waals surface area contributed by atoms with E-state index in [1.54, 1.807) is 36.4 Å². The van der Waals surface area contributed by atoms with Crippen LogP contribution < -0.4 is 15.8 Å². The van der Waals surface area contributed by atoms with E-state index < -0.39 is 0 Å². The fraction of sp³-hybridized carbons (Fsp3) is 0.133. The molecule has 3 N–H and O–H groups in total. The van der Waals surface area contributed by atoms with E-state index in [9.17, 15) is 4.79 Å². The standard InChI is InChI=1S/C15H15ClN2O2/c1-10-6-7-11(16)8-14(10)20-9-15(19)18-13-5-3-2-4-12(13)17/h2-8H,9,17H2,1H3,(H,18,19). The first-order valence-corrected chi connectivity index (χ1v) is 6.47. The van der Waals surface area contributed by atoms with Gasteiger partial charge in [-0.15, -0.1) is 0 Å². The maximum atomic E-state index is 11.8. The first-order valence-electron chi connectivity index (χ1n) is 6.09. The Morgan fingerprint density at radius 3 is 2.80 bits per heavy atom. The SMILES string of the molecule is Cc1ccc(Cl)cc1OCC(=O)Nc1ccccc1N. The van der Waals surface area contributed by atoms with Gasteiger partial charge < -0.3 is 15.8 Å². The molecule has 0 aliphatic rings. The normalized spacial score (nSPS) is 10.1. The highest BCUT2D eigenvalue weighted by molar-refractivity contribution is 6.30. The molecule has 0 heterocycles. The maximum absolute atomic E-state index is 11.8. The second-order valence-corrected chi connectivity index (χ2v) is 4.77. The summed E-state index contributed by atoms with van der Waals surface area (Å²) >= 11 is 5.89. The molecule has 0 aliphatic carbocycles. The minimum atomic E-state index is -0.276. The van der Waals surface area contributed by atoms with Crippen LogP contribution in [0.2, 0.25) is 5.02 Å². The van der Waals surface area contributed by atoms with Crippen LogP contribution in [-0.4, -0.2) is 12.5 Å². The molecule has 0 aromatic heterocycles. The average Bonchev–Trinajstić information content (AvgIpc) is 2.42. The van der Waals surface area contributed by atoms with Gasteiger partial charge in [-0.25, -0.2) is 0 Å². The number of nitrogens with two attached hydrogens (primary N) is 1. The molecule has 4 nitrogen and oxygen atoms in total. The number of para-hydroxylation sites is 2. The molecule has 0 aliphatic heterocycles. The molecule has 104 valence electrons.